The Kier molecular flexibility index (Phi) is 4.63. The summed E-state index contributed by atoms with van der Waals surface area (Å²) in [6.45, 7) is 5.95. The molecule has 0 fully saturated rings. The average Bonchev–Trinajstić information content (AvgIpc) is 3.26. The van der Waals surface area contributed by atoms with E-state index >= 15 is 0 Å². The van der Waals surface area contributed by atoms with E-state index in [-0.39, 0.29) is 11.5 Å². The highest BCUT2D eigenvalue weighted by Gasteiger charge is 2.19. The number of anilines is 1. The van der Waals surface area contributed by atoms with Crippen molar-refractivity contribution < 1.29 is 4.42 Å². The zero-order valence-corrected chi connectivity index (χ0v) is 17.8. The molecule has 0 aliphatic heterocycles. The van der Waals surface area contributed by atoms with E-state index in [9.17, 15) is 4.79 Å². The Bertz CT molecular complexity index is 1460. The molecule has 4 nitrogen and oxygen atoms in total. The summed E-state index contributed by atoms with van der Waals surface area (Å²) in [5.41, 5.74) is 6.33. The topological polar surface area (TPSA) is 58.0 Å². The van der Waals surface area contributed by atoms with Gasteiger partial charge in [-0.25, -0.2) is 0 Å². The first-order chi connectivity index (χ1) is 15.0. The lowest BCUT2D eigenvalue weighted by molar-refractivity contribution is 0.605. The van der Waals surface area contributed by atoms with E-state index in [1.54, 1.807) is 0 Å². The maximum absolute atomic E-state index is 13.3. The van der Waals surface area contributed by atoms with Crippen molar-refractivity contribution in [2.24, 2.45) is 0 Å². The van der Waals surface area contributed by atoms with E-state index in [4.69, 9.17) is 4.42 Å². The molecule has 0 spiro atoms. The molecule has 0 bridgehead atoms. The molecule has 5 aromatic rings. The number of fused-ring (bicyclic) bond motifs is 2. The standard InChI is InChI=1S/C27H24N2O2/c1-16-14-21(18(3)29-24-11-7-10-23-20(24)12-13-28-23)27-22(15-16)25(30)17(2)26(31-27)19-8-5-4-6-9-19/h4-15,18,28-29H,1-3H3/t18-/m1/s1. The number of aryl methyl sites for hydroxylation is 1. The molecule has 0 saturated carbocycles. The summed E-state index contributed by atoms with van der Waals surface area (Å²) in [5.74, 6) is 0.628. The zero-order valence-electron chi connectivity index (χ0n) is 17.8. The second kappa shape index (κ2) is 7.47. The van der Waals surface area contributed by atoms with Gasteiger partial charge in [0.1, 0.15) is 11.3 Å². The Morgan fingerprint density at radius 1 is 0.935 bits per heavy atom. The summed E-state index contributed by atoms with van der Waals surface area (Å²) >= 11 is 0. The van der Waals surface area contributed by atoms with Crippen LogP contribution < -0.4 is 10.7 Å². The molecular formula is C27H24N2O2. The van der Waals surface area contributed by atoms with Gasteiger partial charge in [-0.1, -0.05) is 42.5 Å². The van der Waals surface area contributed by atoms with Crippen LogP contribution in [0.25, 0.3) is 33.2 Å². The number of rotatable bonds is 4. The number of nitrogens with one attached hydrogen (secondary N) is 2. The summed E-state index contributed by atoms with van der Waals surface area (Å²) in [4.78, 5) is 16.5. The lowest BCUT2D eigenvalue weighted by atomic mass is 9.98. The second-order valence-corrected chi connectivity index (χ2v) is 8.09. The molecule has 2 N–H and O–H groups in total. The molecular weight excluding hydrogens is 384 g/mol. The van der Waals surface area contributed by atoms with E-state index in [2.05, 4.69) is 41.5 Å². The van der Waals surface area contributed by atoms with Gasteiger partial charge >= 0.3 is 0 Å². The molecule has 31 heavy (non-hydrogen) atoms. The van der Waals surface area contributed by atoms with Crippen LogP contribution in [-0.4, -0.2) is 4.98 Å². The van der Waals surface area contributed by atoms with Crippen LogP contribution in [0.5, 0.6) is 0 Å². The van der Waals surface area contributed by atoms with Gasteiger partial charge in [0.05, 0.1) is 11.4 Å². The highest BCUT2D eigenvalue weighted by Crippen LogP contribution is 2.33. The van der Waals surface area contributed by atoms with Crippen LogP contribution in [0.1, 0.15) is 29.7 Å². The molecule has 154 valence electrons. The molecule has 0 aliphatic carbocycles. The Balaban J connectivity index is 1.68. The summed E-state index contributed by atoms with van der Waals surface area (Å²) in [6, 6.07) is 22.0. The quantitative estimate of drug-likeness (QED) is 0.346. The molecule has 0 radical (unpaired) electrons. The molecule has 4 heteroatoms. The largest absolute Gasteiger partial charge is 0.455 e. The minimum absolute atomic E-state index is 0.0185. The van der Waals surface area contributed by atoms with E-state index in [0.717, 1.165) is 33.3 Å². The van der Waals surface area contributed by atoms with Gasteiger partial charge in [-0.2, -0.15) is 0 Å². The lowest BCUT2D eigenvalue weighted by Gasteiger charge is -2.19. The fourth-order valence-corrected chi connectivity index (χ4v) is 4.28. The van der Waals surface area contributed by atoms with Gasteiger partial charge in [-0.15, -0.1) is 0 Å². The molecule has 0 saturated heterocycles. The Morgan fingerprint density at radius 3 is 2.55 bits per heavy atom. The van der Waals surface area contributed by atoms with Crippen LogP contribution in [0.4, 0.5) is 5.69 Å². The van der Waals surface area contributed by atoms with Gasteiger partial charge < -0.3 is 14.7 Å². The van der Waals surface area contributed by atoms with Crippen molar-refractivity contribution in [3.05, 3.63) is 99.8 Å². The monoisotopic (exact) mass is 408 g/mol. The van der Waals surface area contributed by atoms with Crippen molar-refractivity contribution >= 4 is 27.6 Å². The summed E-state index contributed by atoms with van der Waals surface area (Å²) < 4.78 is 6.43. The van der Waals surface area contributed by atoms with Gasteiger partial charge in [-0.3, -0.25) is 4.79 Å². The molecule has 1 atom stereocenters. The highest BCUT2D eigenvalue weighted by atomic mass is 16.3. The first-order valence-electron chi connectivity index (χ1n) is 10.5. The zero-order chi connectivity index (χ0) is 21.5. The van der Waals surface area contributed by atoms with Crippen LogP contribution in [0.2, 0.25) is 0 Å². The van der Waals surface area contributed by atoms with Gasteiger partial charge in [0.15, 0.2) is 5.43 Å². The predicted octanol–water partition coefficient (Wildman–Crippen LogP) is 6.73. The second-order valence-electron chi connectivity index (χ2n) is 8.09. The van der Waals surface area contributed by atoms with E-state index < -0.39 is 0 Å². The normalized spacial score (nSPS) is 12.4. The van der Waals surface area contributed by atoms with Gasteiger partial charge in [0.25, 0.3) is 0 Å². The molecule has 2 aromatic heterocycles. The fourth-order valence-electron chi connectivity index (χ4n) is 4.28. The maximum atomic E-state index is 13.3. The SMILES string of the molecule is Cc1cc([C@@H](C)Nc2cccc3[nH]ccc23)c2oc(-c3ccccc3)c(C)c(=O)c2c1. The van der Waals surface area contributed by atoms with E-state index in [1.807, 2.05) is 62.5 Å². The first-order valence-corrected chi connectivity index (χ1v) is 10.5. The fraction of sp³-hybridized carbons (Fsp3) is 0.148. The predicted molar refractivity (Wildman–Crippen MR) is 128 cm³/mol. The molecule has 0 aliphatic rings. The third-order valence-corrected chi connectivity index (χ3v) is 5.86. The lowest BCUT2D eigenvalue weighted by Crippen LogP contribution is -2.12. The van der Waals surface area contributed by atoms with Crippen molar-refractivity contribution in [2.75, 3.05) is 5.32 Å². The Morgan fingerprint density at radius 2 is 1.74 bits per heavy atom. The summed E-state index contributed by atoms with van der Waals surface area (Å²) in [7, 11) is 0. The minimum Gasteiger partial charge on any atom is -0.455 e. The average molecular weight is 409 g/mol. The number of aromatic nitrogens is 1. The minimum atomic E-state index is -0.0580. The number of H-pyrrole nitrogens is 1. The summed E-state index contributed by atoms with van der Waals surface area (Å²) in [5, 5.41) is 5.38. The smallest absolute Gasteiger partial charge is 0.196 e. The number of aromatic amines is 1. The van der Waals surface area contributed by atoms with Gasteiger partial charge in [0.2, 0.25) is 0 Å². The Labute approximate surface area is 180 Å². The van der Waals surface area contributed by atoms with Crippen molar-refractivity contribution in [3.8, 4) is 11.3 Å². The maximum Gasteiger partial charge on any atom is 0.196 e. The molecule has 0 unspecified atom stereocenters. The Hall–Kier alpha value is -3.79. The summed E-state index contributed by atoms with van der Waals surface area (Å²) in [6.07, 6.45) is 1.94. The molecule has 5 rings (SSSR count). The number of hydrogen-bond donors (Lipinski definition) is 2. The van der Waals surface area contributed by atoms with Crippen LogP contribution in [-0.2, 0) is 0 Å². The van der Waals surface area contributed by atoms with Crippen molar-refractivity contribution in [1.82, 2.24) is 4.98 Å². The number of hydrogen-bond acceptors (Lipinski definition) is 3. The third kappa shape index (κ3) is 3.30. The highest BCUT2D eigenvalue weighted by molar-refractivity contribution is 5.92. The van der Waals surface area contributed by atoms with Crippen LogP contribution in [0, 0.1) is 13.8 Å². The van der Waals surface area contributed by atoms with Crippen LogP contribution in [0.3, 0.4) is 0 Å². The third-order valence-electron chi connectivity index (χ3n) is 5.86. The van der Waals surface area contributed by atoms with Crippen molar-refractivity contribution in [1.29, 1.82) is 0 Å². The molecule has 3 aromatic carbocycles. The van der Waals surface area contributed by atoms with E-state index in [1.165, 1.54) is 0 Å². The van der Waals surface area contributed by atoms with Crippen LogP contribution in [0.15, 0.2) is 82.1 Å². The molecule has 0 amide bonds. The number of benzene rings is 3. The first kappa shape index (κ1) is 19.2. The van der Waals surface area contributed by atoms with Crippen molar-refractivity contribution in [2.45, 2.75) is 26.8 Å². The van der Waals surface area contributed by atoms with Gasteiger partial charge in [0, 0.05) is 39.5 Å². The van der Waals surface area contributed by atoms with Gasteiger partial charge in [-0.05, 0) is 50.6 Å². The van der Waals surface area contributed by atoms with Crippen LogP contribution >= 0.6 is 0 Å². The van der Waals surface area contributed by atoms with E-state index in [0.29, 0.717) is 22.3 Å². The van der Waals surface area contributed by atoms with Crippen molar-refractivity contribution in [3.63, 3.8) is 0 Å². The molecule has 2 heterocycles.